The molecule has 2 unspecified atom stereocenters. The molecule has 2 heterocycles. The van der Waals surface area contributed by atoms with Crippen LogP contribution in [-0.2, 0) is 14.9 Å². The van der Waals surface area contributed by atoms with Gasteiger partial charge in [-0.05, 0) is 51.1 Å². The van der Waals surface area contributed by atoms with E-state index in [2.05, 4.69) is 10.0 Å². The second-order valence-corrected chi connectivity index (χ2v) is 8.62. The molecule has 2 aliphatic heterocycles. The van der Waals surface area contributed by atoms with Gasteiger partial charge in [-0.1, -0.05) is 0 Å². The minimum Gasteiger partial charge on any atom is -0.384 e. The number of rotatable bonds is 6. The van der Waals surface area contributed by atoms with Crippen molar-refractivity contribution in [3.8, 4) is 0 Å². The number of hydrogen-bond donors (Lipinski definition) is 2. The monoisotopic (exact) mass is 317 g/mol. The molecule has 0 aromatic rings. The van der Waals surface area contributed by atoms with Gasteiger partial charge in [0.25, 0.3) is 10.2 Å². The van der Waals surface area contributed by atoms with Crippen LogP contribution in [0, 0.1) is 11.3 Å². The van der Waals surface area contributed by atoms with Crippen LogP contribution in [-0.4, -0.2) is 58.7 Å². The van der Waals surface area contributed by atoms with E-state index in [1.165, 1.54) is 6.42 Å². The van der Waals surface area contributed by atoms with Crippen LogP contribution in [0.5, 0.6) is 0 Å². The first kappa shape index (κ1) is 15.7. The highest BCUT2D eigenvalue weighted by atomic mass is 32.2. The van der Waals surface area contributed by atoms with Crippen molar-refractivity contribution in [2.75, 3.05) is 39.9 Å². The zero-order chi connectivity index (χ0) is 14.9. The van der Waals surface area contributed by atoms with Gasteiger partial charge in [0.1, 0.15) is 0 Å². The van der Waals surface area contributed by atoms with Crippen molar-refractivity contribution in [1.82, 2.24) is 14.3 Å². The van der Waals surface area contributed by atoms with Gasteiger partial charge in [-0.15, -0.1) is 0 Å². The van der Waals surface area contributed by atoms with Crippen LogP contribution in [0.2, 0.25) is 0 Å². The molecule has 1 aliphatic carbocycles. The Kier molecular flexibility index (Phi) is 4.57. The molecule has 2 saturated heterocycles. The van der Waals surface area contributed by atoms with Crippen LogP contribution in [0.15, 0.2) is 0 Å². The summed E-state index contributed by atoms with van der Waals surface area (Å²) in [6, 6.07) is 0.235. The van der Waals surface area contributed by atoms with E-state index in [0.717, 1.165) is 38.8 Å². The molecule has 0 radical (unpaired) electrons. The van der Waals surface area contributed by atoms with Crippen molar-refractivity contribution >= 4 is 10.2 Å². The first-order chi connectivity index (χ1) is 10.0. The summed E-state index contributed by atoms with van der Waals surface area (Å²) >= 11 is 0. The fraction of sp³-hybridized carbons (Fsp3) is 1.00. The van der Waals surface area contributed by atoms with Crippen molar-refractivity contribution in [3.63, 3.8) is 0 Å². The van der Waals surface area contributed by atoms with Gasteiger partial charge in [0.15, 0.2) is 0 Å². The number of ether oxygens (including phenoxy) is 1. The molecule has 3 aliphatic rings. The van der Waals surface area contributed by atoms with Crippen LogP contribution >= 0.6 is 0 Å². The lowest BCUT2D eigenvalue weighted by Gasteiger charge is -2.38. The molecule has 6 nitrogen and oxygen atoms in total. The summed E-state index contributed by atoms with van der Waals surface area (Å²) in [5.41, 5.74) is -0.0637. The van der Waals surface area contributed by atoms with Gasteiger partial charge in [0, 0.05) is 31.7 Å². The largest absolute Gasteiger partial charge is 0.384 e. The quantitative estimate of drug-likeness (QED) is 0.740. The Balaban J connectivity index is 1.62. The molecule has 21 heavy (non-hydrogen) atoms. The number of hydrogen-bond acceptors (Lipinski definition) is 4. The number of piperidine rings is 2. The van der Waals surface area contributed by atoms with Gasteiger partial charge in [0.05, 0.1) is 6.61 Å². The van der Waals surface area contributed by atoms with E-state index in [0.29, 0.717) is 25.6 Å². The maximum absolute atomic E-state index is 12.6. The van der Waals surface area contributed by atoms with E-state index >= 15 is 0 Å². The molecular weight excluding hydrogens is 290 g/mol. The van der Waals surface area contributed by atoms with E-state index in [-0.39, 0.29) is 11.5 Å². The fourth-order valence-electron chi connectivity index (χ4n) is 4.14. The number of fused-ring (bicyclic) bond motifs is 2. The van der Waals surface area contributed by atoms with Crippen molar-refractivity contribution in [3.05, 3.63) is 0 Å². The first-order valence-corrected chi connectivity index (χ1v) is 9.45. The second-order valence-electron chi connectivity index (χ2n) is 6.91. The third-order valence-corrected chi connectivity index (χ3v) is 6.99. The molecule has 2 N–H and O–H groups in total. The molecule has 7 heteroatoms. The Hall–Kier alpha value is -0.210. The van der Waals surface area contributed by atoms with Crippen LogP contribution in [0.1, 0.15) is 32.1 Å². The summed E-state index contributed by atoms with van der Waals surface area (Å²) in [4.78, 5) is 0. The summed E-state index contributed by atoms with van der Waals surface area (Å²) in [6.45, 7) is 3.67. The van der Waals surface area contributed by atoms with E-state index in [4.69, 9.17) is 4.74 Å². The molecule has 2 atom stereocenters. The van der Waals surface area contributed by atoms with Gasteiger partial charge in [-0.3, -0.25) is 0 Å². The average Bonchev–Trinajstić information content (AvgIpc) is 3.10. The van der Waals surface area contributed by atoms with E-state index in [1.807, 2.05) is 0 Å². The Morgan fingerprint density at radius 1 is 1.33 bits per heavy atom. The molecular formula is C14H27N3O3S. The second kappa shape index (κ2) is 6.12. The molecule has 0 aromatic heterocycles. The lowest BCUT2D eigenvalue weighted by atomic mass is 9.80. The molecule has 0 aromatic carbocycles. The minimum absolute atomic E-state index is 0.0637. The zero-order valence-corrected chi connectivity index (χ0v) is 13.6. The maximum Gasteiger partial charge on any atom is 0.279 e. The number of methoxy groups -OCH3 is 1. The van der Waals surface area contributed by atoms with Crippen LogP contribution in [0.3, 0.4) is 0 Å². The number of nitrogens with zero attached hydrogens (tertiary/aromatic N) is 1. The molecule has 3 fully saturated rings. The minimum atomic E-state index is -3.34. The predicted molar refractivity (Wildman–Crippen MR) is 81.2 cm³/mol. The summed E-state index contributed by atoms with van der Waals surface area (Å²) in [5, 5.41) is 3.33. The van der Waals surface area contributed by atoms with Gasteiger partial charge in [-0.25, -0.2) is 4.72 Å². The summed E-state index contributed by atoms with van der Waals surface area (Å²) in [6.07, 6.45) is 5.17. The average molecular weight is 317 g/mol. The van der Waals surface area contributed by atoms with E-state index in [1.54, 1.807) is 11.4 Å². The van der Waals surface area contributed by atoms with Crippen LogP contribution in [0.25, 0.3) is 0 Å². The first-order valence-electron chi connectivity index (χ1n) is 8.01. The van der Waals surface area contributed by atoms with Crippen molar-refractivity contribution in [2.45, 2.75) is 38.1 Å². The SMILES string of the molecule is COCC1(CNS(=O)(=O)N2CC3CCC2C3)CCNCC1. The summed E-state index contributed by atoms with van der Waals surface area (Å²) in [5.74, 6) is 0.582. The predicted octanol–water partition coefficient (Wildman–Crippen LogP) is 0.321. The molecule has 3 rings (SSSR count). The van der Waals surface area contributed by atoms with Crippen LogP contribution in [0.4, 0.5) is 0 Å². The third kappa shape index (κ3) is 3.27. The van der Waals surface area contributed by atoms with Gasteiger partial charge in [-0.2, -0.15) is 12.7 Å². The lowest BCUT2D eigenvalue weighted by molar-refractivity contribution is 0.0573. The fourth-order valence-corrected chi connectivity index (χ4v) is 5.78. The van der Waals surface area contributed by atoms with Gasteiger partial charge >= 0.3 is 0 Å². The molecule has 0 amide bonds. The van der Waals surface area contributed by atoms with E-state index in [9.17, 15) is 8.42 Å². The highest BCUT2D eigenvalue weighted by Crippen LogP contribution is 2.39. The van der Waals surface area contributed by atoms with Crippen LogP contribution < -0.4 is 10.0 Å². The highest BCUT2D eigenvalue weighted by molar-refractivity contribution is 7.87. The van der Waals surface area contributed by atoms with E-state index < -0.39 is 10.2 Å². The van der Waals surface area contributed by atoms with Gasteiger partial charge < -0.3 is 10.1 Å². The molecule has 1 saturated carbocycles. The molecule has 122 valence electrons. The highest BCUT2D eigenvalue weighted by Gasteiger charge is 2.44. The Labute approximate surface area is 127 Å². The number of nitrogens with one attached hydrogen (secondary N) is 2. The molecule has 2 bridgehead atoms. The smallest absolute Gasteiger partial charge is 0.279 e. The Bertz CT molecular complexity index is 457. The Morgan fingerprint density at radius 2 is 2.10 bits per heavy atom. The maximum atomic E-state index is 12.6. The molecule has 0 spiro atoms. The zero-order valence-electron chi connectivity index (χ0n) is 12.8. The van der Waals surface area contributed by atoms with Crippen molar-refractivity contribution in [1.29, 1.82) is 0 Å². The van der Waals surface area contributed by atoms with Crippen molar-refractivity contribution < 1.29 is 13.2 Å². The summed E-state index contributed by atoms with van der Waals surface area (Å²) < 4.78 is 35.1. The summed E-state index contributed by atoms with van der Waals surface area (Å²) in [7, 11) is -1.65. The standard InChI is InChI=1S/C14H27N3O3S/c1-20-11-14(4-6-15-7-5-14)10-16-21(18,19)17-9-12-2-3-13(17)8-12/h12-13,15-16H,2-11H2,1H3. The normalized spacial score (nSPS) is 32.6. The lowest BCUT2D eigenvalue weighted by Crippen LogP contribution is -2.51. The Morgan fingerprint density at radius 3 is 2.67 bits per heavy atom. The topological polar surface area (TPSA) is 70.7 Å². The third-order valence-electron chi connectivity index (χ3n) is 5.41. The van der Waals surface area contributed by atoms with Gasteiger partial charge in [0.2, 0.25) is 0 Å². The van der Waals surface area contributed by atoms with Crippen molar-refractivity contribution in [2.24, 2.45) is 11.3 Å².